The molecule has 0 saturated carbocycles. The second-order valence-corrected chi connectivity index (χ2v) is 14.3. The third-order valence-corrected chi connectivity index (χ3v) is 9.98. The Labute approximate surface area is 271 Å². The van der Waals surface area contributed by atoms with E-state index in [0.717, 1.165) is 37.7 Å². The van der Waals surface area contributed by atoms with Crippen molar-refractivity contribution < 1.29 is 19.4 Å². The van der Waals surface area contributed by atoms with Gasteiger partial charge in [0.2, 0.25) is 5.78 Å². The summed E-state index contributed by atoms with van der Waals surface area (Å²) in [6.07, 6.45) is 4.24. The summed E-state index contributed by atoms with van der Waals surface area (Å²) in [6.45, 7) is 21.9. The van der Waals surface area contributed by atoms with Gasteiger partial charge in [-0.3, -0.25) is 4.79 Å². The van der Waals surface area contributed by atoms with Gasteiger partial charge in [-0.15, -0.1) is 0 Å². The van der Waals surface area contributed by atoms with Crippen molar-refractivity contribution in [2.75, 3.05) is 11.5 Å². The van der Waals surface area contributed by atoms with E-state index >= 15 is 0 Å². The molecule has 0 spiro atoms. The molecule has 0 amide bonds. The fourth-order valence-corrected chi connectivity index (χ4v) is 5.21. The lowest BCUT2D eigenvalue weighted by Gasteiger charge is -2.31. The number of ether oxygens (including phenoxy) is 2. The van der Waals surface area contributed by atoms with Crippen LogP contribution in [0.15, 0.2) is 48.5 Å². The average molecular weight is 617 g/mol. The van der Waals surface area contributed by atoms with Crippen LogP contribution in [0.5, 0.6) is 23.0 Å². The molecule has 0 aliphatic carbocycles. The topological polar surface area (TPSA) is 108 Å². The van der Waals surface area contributed by atoms with Crippen LogP contribution >= 0.6 is 0 Å². The molecule has 3 aromatic carbocycles. The molecule has 0 aliphatic rings. The van der Waals surface area contributed by atoms with Gasteiger partial charge in [-0.1, -0.05) is 99.9 Å². The van der Waals surface area contributed by atoms with Crippen LogP contribution in [-0.4, -0.2) is 17.0 Å². The lowest BCUT2D eigenvalue weighted by Crippen LogP contribution is -2.30. The normalized spacial score (nSPS) is 13.0. The fraction of sp³-hybridized carbons (Fsp3) is 0.513. The number of benzene rings is 3. The minimum atomic E-state index is -0.820. The van der Waals surface area contributed by atoms with Crippen molar-refractivity contribution in [1.29, 1.82) is 0 Å². The van der Waals surface area contributed by atoms with E-state index in [-0.39, 0.29) is 50.5 Å². The molecule has 3 aromatic rings. The number of unbranched alkanes of at least 4 members (excludes halogenated alkanes) is 1. The Hall–Kier alpha value is -3.67. The number of anilines is 2. The molecule has 0 radical (unpaired) electrons. The number of ketones is 1. The Morgan fingerprint density at radius 2 is 1.33 bits per heavy atom. The summed E-state index contributed by atoms with van der Waals surface area (Å²) in [6, 6.07) is 15.5. The van der Waals surface area contributed by atoms with Gasteiger partial charge in [0.1, 0.15) is 28.6 Å². The van der Waals surface area contributed by atoms with Crippen molar-refractivity contribution in [3.63, 3.8) is 0 Å². The molecular formula is C39H56N2O4. The number of hydrogen-bond acceptors (Lipinski definition) is 6. The summed E-state index contributed by atoms with van der Waals surface area (Å²) in [7, 11) is 0. The summed E-state index contributed by atoms with van der Waals surface area (Å²) in [5, 5.41) is 10.7. The molecular weight excluding hydrogens is 560 g/mol. The molecule has 0 saturated heterocycles. The van der Waals surface area contributed by atoms with Crippen LogP contribution in [0.2, 0.25) is 0 Å². The SMILES string of the molecule is CCCCC(Oc1ccc(C(C)(C)CC)cc1C(C)(C)CC)C(=O)c1cc(O)c(N)c(N)c1Oc1ccc(C(C)(C)CC)cc1. The van der Waals surface area contributed by atoms with Crippen LogP contribution in [0.25, 0.3) is 0 Å². The lowest BCUT2D eigenvalue weighted by molar-refractivity contribution is 0.0768. The van der Waals surface area contributed by atoms with Gasteiger partial charge in [-0.25, -0.2) is 0 Å². The van der Waals surface area contributed by atoms with Crippen LogP contribution in [0, 0.1) is 0 Å². The van der Waals surface area contributed by atoms with Gasteiger partial charge in [0, 0.05) is 5.56 Å². The van der Waals surface area contributed by atoms with E-state index in [1.807, 2.05) is 30.3 Å². The fourth-order valence-electron chi connectivity index (χ4n) is 5.21. The predicted octanol–water partition coefficient (Wildman–Crippen LogP) is 10.2. The van der Waals surface area contributed by atoms with Gasteiger partial charge >= 0.3 is 0 Å². The number of phenols is 1. The van der Waals surface area contributed by atoms with Crippen molar-refractivity contribution in [3.8, 4) is 23.0 Å². The van der Waals surface area contributed by atoms with E-state index in [1.165, 1.54) is 17.2 Å². The highest BCUT2D eigenvalue weighted by Crippen LogP contribution is 2.43. The monoisotopic (exact) mass is 616 g/mol. The summed E-state index contributed by atoms with van der Waals surface area (Å²) in [5.74, 6) is 0.746. The van der Waals surface area contributed by atoms with Crippen molar-refractivity contribution >= 4 is 17.2 Å². The molecule has 6 heteroatoms. The maximum atomic E-state index is 14.4. The van der Waals surface area contributed by atoms with Crippen LogP contribution in [0.3, 0.4) is 0 Å². The minimum absolute atomic E-state index is 0.00426. The van der Waals surface area contributed by atoms with E-state index in [4.69, 9.17) is 20.9 Å². The molecule has 246 valence electrons. The third-order valence-electron chi connectivity index (χ3n) is 9.98. The number of rotatable bonds is 15. The zero-order valence-electron chi connectivity index (χ0n) is 29.3. The number of carbonyl (C=O) groups is 1. The van der Waals surface area contributed by atoms with Gasteiger partial charge in [-0.2, -0.15) is 0 Å². The van der Waals surface area contributed by atoms with E-state index < -0.39 is 6.10 Å². The molecule has 0 bridgehead atoms. The Bertz CT molecular complexity index is 1470. The second kappa shape index (κ2) is 14.2. The van der Waals surface area contributed by atoms with E-state index in [9.17, 15) is 9.90 Å². The highest BCUT2D eigenvalue weighted by Gasteiger charge is 2.32. The van der Waals surface area contributed by atoms with Crippen LogP contribution in [-0.2, 0) is 16.2 Å². The highest BCUT2D eigenvalue weighted by atomic mass is 16.5. The molecule has 5 N–H and O–H groups in total. The summed E-state index contributed by atoms with van der Waals surface area (Å²) >= 11 is 0. The molecule has 3 rings (SSSR count). The van der Waals surface area contributed by atoms with Crippen molar-refractivity contribution in [3.05, 3.63) is 70.8 Å². The van der Waals surface area contributed by atoms with Crippen LogP contribution in [0.4, 0.5) is 11.4 Å². The summed E-state index contributed by atoms with van der Waals surface area (Å²) < 4.78 is 12.9. The molecule has 45 heavy (non-hydrogen) atoms. The zero-order valence-corrected chi connectivity index (χ0v) is 29.3. The standard InChI is InChI=1S/C39H56N2O4/c1-11-15-16-32(45-31-22-19-26(38(7,8)13-3)23-29(31)39(9,10)14-4)35(43)28-24-30(42)33(40)34(41)36(28)44-27-20-17-25(18-21-27)37(5,6)12-2/h17-24,32,42H,11-16,40-41H2,1-10H3. The summed E-state index contributed by atoms with van der Waals surface area (Å²) in [4.78, 5) is 14.4. The van der Waals surface area contributed by atoms with Gasteiger partial charge in [-0.05, 0) is 83.7 Å². The maximum absolute atomic E-state index is 14.4. The van der Waals surface area contributed by atoms with Crippen LogP contribution < -0.4 is 20.9 Å². The Balaban J connectivity index is 2.10. The molecule has 0 heterocycles. The van der Waals surface area contributed by atoms with E-state index in [1.54, 1.807) is 0 Å². The Morgan fingerprint density at radius 1 is 0.778 bits per heavy atom. The molecule has 6 nitrogen and oxygen atoms in total. The van der Waals surface area contributed by atoms with Gasteiger partial charge in [0.25, 0.3) is 0 Å². The van der Waals surface area contributed by atoms with Crippen molar-refractivity contribution in [1.82, 2.24) is 0 Å². The quantitative estimate of drug-likeness (QED) is 0.0891. The molecule has 0 aromatic heterocycles. The van der Waals surface area contributed by atoms with Crippen molar-refractivity contribution in [2.24, 2.45) is 0 Å². The van der Waals surface area contributed by atoms with Crippen molar-refractivity contribution in [2.45, 2.75) is 130 Å². The number of aromatic hydroxyl groups is 1. The molecule has 0 aliphatic heterocycles. The molecule has 0 fully saturated rings. The predicted molar refractivity (Wildman–Crippen MR) is 188 cm³/mol. The third kappa shape index (κ3) is 7.95. The Kier molecular flexibility index (Phi) is 11.3. The first-order chi connectivity index (χ1) is 21.0. The van der Waals surface area contributed by atoms with Gasteiger partial charge < -0.3 is 26.0 Å². The first kappa shape index (κ1) is 35.8. The second-order valence-electron chi connectivity index (χ2n) is 14.3. The first-order valence-corrected chi connectivity index (χ1v) is 16.6. The highest BCUT2D eigenvalue weighted by molar-refractivity contribution is 6.05. The zero-order chi connectivity index (χ0) is 33.7. The number of hydrogen-bond donors (Lipinski definition) is 3. The maximum Gasteiger partial charge on any atom is 0.207 e. The van der Waals surface area contributed by atoms with Gasteiger partial charge in [0.15, 0.2) is 11.9 Å². The first-order valence-electron chi connectivity index (χ1n) is 16.6. The largest absolute Gasteiger partial charge is 0.506 e. The van der Waals surface area contributed by atoms with Crippen LogP contribution in [0.1, 0.15) is 135 Å². The number of carbonyl (C=O) groups excluding carboxylic acids is 1. The number of phenolic OH excluding ortho intramolecular Hbond substituents is 1. The van der Waals surface area contributed by atoms with Gasteiger partial charge in [0.05, 0.1) is 5.56 Å². The Morgan fingerprint density at radius 3 is 1.89 bits per heavy atom. The number of nitrogen functional groups attached to an aromatic ring is 2. The summed E-state index contributed by atoms with van der Waals surface area (Å²) in [5.41, 5.74) is 16.0. The van der Waals surface area contributed by atoms with E-state index in [2.05, 4.69) is 81.4 Å². The smallest absolute Gasteiger partial charge is 0.207 e. The van der Waals surface area contributed by atoms with E-state index in [0.29, 0.717) is 17.9 Å². The lowest BCUT2D eigenvalue weighted by atomic mass is 9.76. The molecule has 1 unspecified atom stereocenters. The minimum Gasteiger partial charge on any atom is -0.506 e. The number of Topliss-reactive ketones (excluding diaryl/α,β-unsaturated/α-hetero) is 1. The number of nitrogens with two attached hydrogens (primary N) is 2. The average Bonchev–Trinajstić information content (AvgIpc) is 3.02. The molecule has 1 atom stereocenters.